The molecular formula is C19H32N2. The molecule has 3 atom stereocenters. The Hall–Kier alpha value is -0.860. The van der Waals surface area contributed by atoms with Crippen LogP contribution in [-0.2, 0) is 0 Å². The van der Waals surface area contributed by atoms with Crippen molar-refractivity contribution in [3.05, 3.63) is 35.4 Å². The normalized spacial score (nSPS) is 23.0. The Morgan fingerprint density at radius 1 is 1.24 bits per heavy atom. The maximum absolute atomic E-state index is 6.57. The molecule has 0 aliphatic carbocycles. The molecule has 0 spiro atoms. The fourth-order valence-corrected chi connectivity index (χ4v) is 3.83. The van der Waals surface area contributed by atoms with Crippen LogP contribution in [0.25, 0.3) is 0 Å². The zero-order valence-corrected chi connectivity index (χ0v) is 14.0. The van der Waals surface area contributed by atoms with Crippen molar-refractivity contribution in [2.24, 2.45) is 5.73 Å². The van der Waals surface area contributed by atoms with Gasteiger partial charge in [-0.15, -0.1) is 0 Å². The van der Waals surface area contributed by atoms with Crippen molar-refractivity contribution in [3.8, 4) is 0 Å². The van der Waals surface area contributed by atoms with Gasteiger partial charge in [-0.3, -0.25) is 4.90 Å². The summed E-state index contributed by atoms with van der Waals surface area (Å²) in [6.45, 7) is 7.95. The maximum atomic E-state index is 6.57. The van der Waals surface area contributed by atoms with Gasteiger partial charge in [0.1, 0.15) is 0 Å². The number of nitrogens with zero attached hydrogens (tertiary/aromatic N) is 1. The molecule has 1 aromatic rings. The van der Waals surface area contributed by atoms with Crippen molar-refractivity contribution < 1.29 is 0 Å². The summed E-state index contributed by atoms with van der Waals surface area (Å²) in [7, 11) is 0. The summed E-state index contributed by atoms with van der Waals surface area (Å²) < 4.78 is 0. The summed E-state index contributed by atoms with van der Waals surface area (Å²) >= 11 is 0. The smallest absolute Gasteiger partial charge is 0.0504 e. The first-order chi connectivity index (χ1) is 10.2. The Bertz CT molecular complexity index is 427. The van der Waals surface area contributed by atoms with E-state index in [0.717, 1.165) is 6.42 Å². The van der Waals surface area contributed by atoms with Crippen LogP contribution in [0.2, 0.25) is 0 Å². The molecule has 2 rings (SSSR count). The summed E-state index contributed by atoms with van der Waals surface area (Å²) in [5.41, 5.74) is 9.39. The second kappa shape index (κ2) is 7.95. The fraction of sp³-hybridized carbons (Fsp3) is 0.684. The van der Waals surface area contributed by atoms with Crippen molar-refractivity contribution in [2.45, 2.75) is 77.4 Å². The molecule has 0 aromatic heterocycles. The molecule has 0 saturated carbocycles. The lowest BCUT2D eigenvalue weighted by atomic mass is 9.88. The highest BCUT2D eigenvalue weighted by Crippen LogP contribution is 2.34. The van der Waals surface area contributed by atoms with E-state index in [1.54, 1.807) is 0 Å². The van der Waals surface area contributed by atoms with Crippen molar-refractivity contribution >= 4 is 0 Å². The summed E-state index contributed by atoms with van der Waals surface area (Å²) in [6, 6.07) is 10.1. The number of piperidine rings is 1. The van der Waals surface area contributed by atoms with Crippen LogP contribution in [0.1, 0.15) is 69.5 Å². The van der Waals surface area contributed by atoms with Crippen molar-refractivity contribution in [1.82, 2.24) is 4.90 Å². The third-order valence-electron chi connectivity index (χ3n) is 5.04. The lowest BCUT2D eigenvalue weighted by Crippen LogP contribution is -2.48. The molecule has 1 aromatic carbocycles. The monoisotopic (exact) mass is 288 g/mol. The number of nitrogens with two attached hydrogens (primary N) is 1. The van der Waals surface area contributed by atoms with Crippen LogP contribution in [-0.4, -0.2) is 23.5 Å². The Morgan fingerprint density at radius 3 is 2.67 bits per heavy atom. The van der Waals surface area contributed by atoms with E-state index in [4.69, 9.17) is 5.73 Å². The van der Waals surface area contributed by atoms with Gasteiger partial charge in [0.25, 0.3) is 0 Å². The van der Waals surface area contributed by atoms with Crippen LogP contribution < -0.4 is 5.73 Å². The Kier molecular flexibility index (Phi) is 6.25. The lowest BCUT2D eigenvalue weighted by Gasteiger charge is -2.44. The zero-order valence-electron chi connectivity index (χ0n) is 14.0. The molecule has 0 radical (unpaired) electrons. The summed E-state index contributed by atoms with van der Waals surface area (Å²) in [6.07, 6.45) is 7.64. The van der Waals surface area contributed by atoms with Crippen LogP contribution in [0.5, 0.6) is 0 Å². The number of rotatable bonds is 6. The Labute approximate surface area is 130 Å². The number of aryl methyl sites for hydroxylation is 1. The minimum absolute atomic E-state index is 0.226. The van der Waals surface area contributed by atoms with Crippen molar-refractivity contribution in [1.29, 1.82) is 0 Å². The minimum Gasteiger partial charge on any atom is -0.326 e. The van der Waals surface area contributed by atoms with Crippen molar-refractivity contribution in [2.75, 3.05) is 6.54 Å². The quantitative estimate of drug-likeness (QED) is 0.839. The molecule has 2 heteroatoms. The molecular weight excluding hydrogens is 256 g/mol. The van der Waals surface area contributed by atoms with Crippen LogP contribution >= 0.6 is 0 Å². The topological polar surface area (TPSA) is 29.3 Å². The highest BCUT2D eigenvalue weighted by Gasteiger charge is 2.32. The Balaban J connectivity index is 2.32. The van der Waals surface area contributed by atoms with Crippen LogP contribution in [0.4, 0.5) is 0 Å². The van der Waals surface area contributed by atoms with E-state index in [1.165, 1.54) is 49.8 Å². The average Bonchev–Trinajstić information content (AvgIpc) is 2.51. The molecule has 21 heavy (non-hydrogen) atoms. The third-order valence-corrected chi connectivity index (χ3v) is 5.04. The van der Waals surface area contributed by atoms with Crippen molar-refractivity contribution in [3.63, 3.8) is 0 Å². The van der Waals surface area contributed by atoms with Gasteiger partial charge in [0.05, 0.1) is 6.04 Å². The fourth-order valence-electron chi connectivity index (χ4n) is 3.83. The van der Waals surface area contributed by atoms with E-state index < -0.39 is 0 Å². The SMILES string of the molecule is CCCC1CCCCN1C(c1ccccc1C)C(N)CC. The second-order valence-electron chi connectivity index (χ2n) is 6.55. The van der Waals surface area contributed by atoms with Gasteiger partial charge in [0.15, 0.2) is 0 Å². The molecule has 1 aliphatic rings. The number of likely N-dealkylation sites (tertiary alicyclic amines) is 1. The molecule has 1 saturated heterocycles. The summed E-state index contributed by atoms with van der Waals surface area (Å²) in [4.78, 5) is 2.73. The second-order valence-corrected chi connectivity index (χ2v) is 6.55. The molecule has 0 bridgehead atoms. The minimum atomic E-state index is 0.226. The average molecular weight is 288 g/mol. The first-order valence-corrected chi connectivity index (χ1v) is 8.75. The van der Waals surface area contributed by atoms with Gasteiger partial charge in [0.2, 0.25) is 0 Å². The number of hydrogen-bond acceptors (Lipinski definition) is 2. The molecule has 2 nitrogen and oxygen atoms in total. The largest absolute Gasteiger partial charge is 0.326 e. The summed E-state index contributed by atoms with van der Waals surface area (Å²) in [5.74, 6) is 0. The van der Waals surface area contributed by atoms with Crippen LogP contribution in [0.15, 0.2) is 24.3 Å². The number of benzene rings is 1. The van der Waals surface area contributed by atoms with Gasteiger partial charge < -0.3 is 5.73 Å². The standard InChI is InChI=1S/C19H32N2/c1-4-10-16-12-8-9-14-21(16)19(18(20)5-2)17-13-7-6-11-15(17)3/h6-7,11,13,16,18-19H,4-5,8-10,12,14,20H2,1-3H3. The van der Waals surface area contributed by atoms with E-state index >= 15 is 0 Å². The van der Waals surface area contributed by atoms with Gasteiger partial charge in [-0.05, 0) is 50.3 Å². The molecule has 0 amide bonds. The highest BCUT2D eigenvalue weighted by atomic mass is 15.2. The van der Waals surface area contributed by atoms with Gasteiger partial charge in [0, 0.05) is 12.1 Å². The van der Waals surface area contributed by atoms with Gasteiger partial charge in [-0.1, -0.05) is 51.0 Å². The molecule has 118 valence electrons. The van der Waals surface area contributed by atoms with Crippen LogP contribution in [0.3, 0.4) is 0 Å². The maximum Gasteiger partial charge on any atom is 0.0504 e. The number of hydrogen-bond donors (Lipinski definition) is 1. The summed E-state index contributed by atoms with van der Waals surface area (Å²) in [5, 5.41) is 0. The van der Waals surface area contributed by atoms with Gasteiger partial charge >= 0.3 is 0 Å². The lowest BCUT2D eigenvalue weighted by molar-refractivity contribution is 0.0722. The highest BCUT2D eigenvalue weighted by molar-refractivity contribution is 5.30. The van der Waals surface area contributed by atoms with E-state index in [9.17, 15) is 0 Å². The predicted molar refractivity (Wildman–Crippen MR) is 91.4 cm³/mol. The van der Waals surface area contributed by atoms with E-state index in [-0.39, 0.29) is 6.04 Å². The van der Waals surface area contributed by atoms with E-state index in [0.29, 0.717) is 12.1 Å². The molecule has 1 heterocycles. The van der Waals surface area contributed by atoms with Crippen LogP contribution in [0, 0.1) is 6.92 Å². The third kappa shape index (κ3) is 3.87. The first kappa shape index (κ1) is 16.5. The first-order valence-electron chi connectivity index (χ1n) is 8.75. The van der Waals surface area contributed by atoms with Gasteiger partial charge in [-0.25, -0.2) is 0 Å². The molecule has 1 fully saturated rings. The Morgan fingerprint density at radius 2 is 2.00 bits per heavy atom. The molecule has 3 unspecified atom stereocenters. The molecule has 2 N–H and O–H groups in total. The van der Waals surface area contributed by atoms with E-state index in [1.807, 2.05) is 0 Å². The predicted octanol–water partition coefficient (Wildman–Crippen LogP) is 4.43. The molecule has 1 aliphatic heterocycles. The van der Waals surface area contributed by atoms with Gasteiger partial charge in [-0.2, -0.15) is 0 Å². The zero-order chi connectivity index (χ0) is 15.2. The van der Waals surface area contributed by atoms with E-state index in [2.05, 4.69) is 49.9 Å².